The van der Waals surface area contributed by atoms with Gasteiger partial charge in [0.1, 0.15) is 0 Å². The highest BCUT2D eigenvalue weighted by molar-refractivity contribution is 5.76. The molecule has 1 aliphatic carbocycles. The van der Waals surface area contributed by atoms with E-state index in [-0.39, 0.29) is 18.5 Å². The highest BCUT2D eigenvalue weighted by Gasteiger charge is 2.30. The second-order valence-corrected chi connectivity index (χ2v) is 6.75. The lowest BCUT2D eigenvalue weighted by Crippen LogP contribution is -2.44. The van der Waals surface area contributed by atoms with E-state index in [1.54, 1.807) is 4.90 Å². The first kappa shape index (κ1) is 16.1. The minimum absolute atomic E-state index is 0.0631. The van der Waals surface area contributed by atoms with Gasteiger partial charge < -0.3 is 15.3 Å². The Balaban J connectivity index is 1.70. The number of urea groups is 1. The fourth-order valence-electron chi connectivity index (χ4n) is 3.82. The molecule has 2 rings (SSSR count). The average Bonchev–Trinajstić information content (AvgIpc) is 2.86. The number of carboxylic acids is 1. The summed E-state index contributed by atoms with van der Waals surface area (Å²) in [7, 11) is 0. The largest absolute Gasteiger partial charge is 0.481 e. The Labute approximate surface area is 127 Å². The molecule has 5 nitrogen and oxygen atoms in total. The van der Waals surface area contributed by atoms with Gasteiger partial charge in [0, 0.05) is 19.1 Å². The molecular weight excluding hydrogens is 268 g/mol. The number of hydrogen-bond acceptors (Lipinski definition) is 2. The smallest absolute Gasteiger partial charge is 0.317 e. The second-order valence-electron chi connectivity index (χ2n) is 6.75. The molecule has 0 aromatic carbocycles. The van der Waals surface area contributed by atoms with Gasteiger partial charge in [-0.1, -0.05) is 26.2 Å². The van der Waals surface area contributed by atoms with Crippen LogP contribution in [0.3, 0.4) is 0 Å². The molecule has 2 fully saturated rings. The van der Waals surface area contributed by atoms with Crippen LogP contribution in [-0.2, 0) is 4.79 Å². The highest BCUT2D eigenvalue weighted by atomic mass is 16.4. The lowest BCUT2D eigenvalue weighted by molar-refractivity contribution is -0.137. The van der Waals surface area contributed by atoms with E-state index in [9.17, 15) is 9.59 Å². The standard InChI is InChI=1S/C16H28N2O3/c1-12-4-2-5-13(10-12)7-8-17-16(21)18-9-3-6-14(18)11-15(19)20/h12-14H,2-11H2,1H3,(H,17,21)(H,19,20). The zero-order chi connectivity index (χ0) is 15.2. The van der Waals surface area contributed by atoms with Gasteiger partial charge in [-0.05, 0) is 37.5 Å². The molecule has 1 saturated heterocycles. The first-order valence-electron chi connectivity index (χ1n) is 8.32. The van der Waals surface area contributed by atoms with E-state index >= 15 is 0 Å². The lowest BCUT2D eigenvalue weighted by Gasteiger charge is -2.28. The van der Waals surface area contributed by atoms with Crippen LogP contribution in [0.4, 0.5) is 4.79 Å². The van der Waals surface area contributed by atoms with Gasteiger partial charge in [0.2, 0.25) is 0 Å². The van der Waals surface area contributed by atoms with Crippen molar-refractivity contribution in [2.24, 2.45) is 11.8 Å². The molecule has 1 heterocycles. The van der Waals surface area contributed by atoms with Gasteiger partial charge in [0.25, 0.3) is 0 Å². The average molecular weight is 296 g/mol. The third kappa shape index (κ3) is 4.90. The highest BCUT2D eigenvalue weighted by Crippen LogP contribution is 2.30. The van der Waals surface area contributed by atoms with Crippen LogP contribution in [0.5, 0.6) is 0 Å². The zero-order valence-corrected chi connectivity index (χ0v) is 13.0. The summed E-state index contributed by atoms with van der Waals surface area (Å²) in [6.07, 6.45) is 8.04. The SMILES string of the molecule is CC1CCCC(CCNC(=O)N2CCCC2CC(=O)O)C1. The number of hydrogen-bond donors (Lipinski definition) is 2. The molecule has 3 unspecified atom stereocenters. The number of amides is 2. The number of rotatable bonds is 5. The Morgan fingerprint density at radius 1 is 1.24 bits per heavy atom. The van der Waals surface area contributed by atoms with Crippen molar-refractivity contribution in [2.45, 2.75) is 64.3 Å². The normalized spacial score (nSPS) is 29.4. The summed E-state index contributed by atoms with van der Waals surface area (Å²) in [4.78, 5) is 24.7. The monoisotopic (exact) mass is 296 g/mol. The van der Waals surface area contributed by atoms with E-state index < -0.39 is 5.97 Å². The van der Waals surface area contributed by atoms with Crippen molar-refractivity contribution in [1.82, 2.24) is 10.2 Å². The molecule has 1 aliphatic heterocycles. The maximum absolute atomic E-state index is 12.2. The van der Waals surface area contributed by atoms with Crippen LogP contribution in [0.25, 0.3) is 0 Å². The van der Waals surface area contributed by atoms with Crippen molar-refractivity contribution in [3.63, 3.8) is 0 Å². The molecule has 0 bridgehead atoms. The molecule has 2 N–H and O–H groups in total. The van der Waals surface area contributed by atoms with Gasteiger partial charge >= 0.3 is 12.0 Å². The summed E-state index contributed by atoms with van der Waals surface area (Å²) < 4.78 is 0. The summed E-state index contributed by atoms with van der Waals surface area (Å²) >= 11 is 0. The molecular formula is C16H28N2O3. The number of aliphatic carboxylic acids is 1. The summed E-state index contributed by atoms with van der Waals surface area (Å²) in [6.45, 7) is 3.71. The van der Waals surface area contributed by atoms with Crippen LogP contribution in [0, 0.1) is 11.8 Å². The molecule has 2 amide bonds. The van der Waals surface area contributed by atoms with Crippen molar-refractivity contribution >= 4 is 12.0 Å². The minimum Gasteiger partial charge on any atom is -0.481 e. The van der Waals surface area contributed by atoms with Gasteiger partial charge in [-0.15, -0.1) is 0 Å². The van der Waals surface area contributed by atoms with E-state index in [1.165, 1.54) is 25.7 Å². The quantitative estimate of drug-likeness (QED) is 0.819. The molecule has 120 valence electrons. The molecule has 5 heteroatoms. The van der Waals surface area contributed by atoms with Crippen molar-refractivity contribution in [3.8, 4) is 0 Å². The first-order chi connectivity index (χ1) is 10.1. The predicted octanol–water partition coefficient (Wildman–Crippen LogP) is 2.85. The van der Waals surface area contributed by atoms with Gasteiger partial charge in [0.15, 0.2) is 0 Å². The molecule has 0 spiro atoms. The Morgan fingerprint density at radius 3 is 2.76 bits per heavy atom. The van der Waals surface area contributed by atoms with Gasteiger partial charge in [-0.25, -0.2) is 4.79 Å². The lowest BCUT2D eigenvalue weighted by atomic mass is 9.81. The fourth-order valence-corrected chi connectivity index (χ4v) is 3.82. The molecule has 0 aromatic rings. The van der Waals surface area contributed by atoms with Crippen LogP contribution >= 0.6 is 0 Å². The first-order valence-corrected chi connectivity index (χ1v) is 8.32. The van der Waals surface area contributed by atoms with Crippen LogP contribution in [0.15, 0.2) is 0 Å². The van der Waals surface area contributed by atoms with Crippen molar-refractivity contribution in [2.75, 3.05) is 13.1 Å². The molecule has 0 radical (unpaired) electrons. The topological polar surface area (TPSA) is 69.6 Å². The molecule has 3 atom stereocenters. The van der Waals surface area contributed by atoms with Gasteiger partial charge in [-0.3, -0.25) is 4.79 Å². The summed E-state index contributed by atoms with van der Waals surface area (Å²) in [6, 6.07) is -0.209. The van der Waals surface area contributed by atoms with Gasteiger partial charge in [0.05, 0.1) is 6.42 Å². The Hall–Kier alpha value is -1.26. The number of carbonyl (C=O) groups is 2. The number of likely N-dealkylation sites (tertiary alicyclic amines) is 1. The van der Waals surface area contributed by atoms with Crippen molar-refractivity contribution < 1.29 is 14.7 Å². The number of nitrogens with zero attached hydrogens (tertiary/aromatic N) is 1. The molecule has 21 heavy (non-hydrogen) atoms. The zero-order valence-electron chi connectivity index (χ0n) is 13.0. The van der Waals surface area contributed by atoms with Crippen molar-refractivity contribution in [1.29, 1.82) is 0 Å². The third-order valence-corrected chi connectivity index (χ3v) is 4.92. The van der Waals surface area contributed by atoms with E-state index in [2.05, 4.69) is 12.2 Å². The Bertz CT molecular complexity index is 373. The van der Waals surface area contributed by atoms with Crippen LogP contribution in [0.1, 0.15) is 58.3 Å². The van der Waals surface area contributed by atoms with E-state index in [4.69, 9.17) is 5.11 Å². The predicted molar refractivity (Wildman–Crippen MR) is 81.1 cm³/mol. The van der Waals surface area contributed by atoms with Crippen LogP contribution < -0.4 is 5.32 Å². The van der Waals surface area contributed by atoms with Crippen LogP contribution in [-0.4, -0.2) is 41.1 Å². The summed E-state index contributed by atoms with van der Waals surface area (Å²) in [5.41, 5.74) is 0. The Kier molecular flexibility index (Phi) is 5.88. The molecule has 2 aliphatic rings. The van der Waals surface area contributed by atoms with Crippen LogP contribution in [0.2, 0.25) is 0 Å². The number of carbonyl (C=O) groups excluding carboxylic acids is 1. The molecule has 1 saturated carbocycles. The third-order valence-electron chi connectivity index (χ3n) is 4.92. The summed E-state index contributed by atoms with van der Waals surface area (Å²) in [5.74, 6) is 0.733. The van der Waals surface area contributed by atoms with E-state index in [0.717, 1.165) is 31.1 Å². The minimum atomic E-state index is -0.823. The van der Waals surface area contributed by atoms with Crippen molar-refractivity contribution in [3.05, 3.63) is 0 Å². The Morgan fingerprint density at radius 2 is 2.05 bits per heavy atom. The second kappa shape index (κ2) is 7.66. The molecule has 0 aromatic heterocycles. The number of carboxylic acid groups (broad SMARTS) is 1. The maximum Gasteiger partial charge on any atom is 0.317 e. The van der Waals surface area contributed by atoms with E-state index in [0.29, 0.717) is 13.1 Å². The van der Waals surface area contributed by atoms with E-state index in [1.807, 2.05) is 0 Å². The summed E-state index contributed by atoms with van der Waals surface area (Å²) in [5, 5.41) is 11.9. The maximum atomic E-state index is 12.2. The fraction of sp³-hybridized carbons (Fsp3) is 0.875. The van der Waals surface area contributed by atoms with Gasteiger partial charge in [-0.2, -0.15) is 0 Å². The number of nitrogens with one attached hydrogen (secondary N) is 1.